The van der Waals surface area contributed by atoms with Gasteiger partial charge in [0.1, 0.15) is 18.4 Å². The van der Waals surface area contributed by atoms with Crippen LogP contribution in [0.2, 0.25) is 0 Å². The molecule has 0 radical (unpaired) electrons. The Morgan fingerprint density at radius 1 is 1.09 bits per heavy atom. The third-order valence-electron chi connectivity index (χ3n) is 4.89. The number of carbonyl (C=O) groups excluding carboxylic acids is 2. The summed E-state index contributed by atoms with van der Waals surface area (Å²) in [6, 6.07) is 11.5. The van der Waals surface area contributed by atoms with Gasteiger partial charge in [-0.2, -0.15) is 0 Å². The Morgan fingerprint density at radius 2 is 1.70 bits per heavy atom. The van der Waals surface area contributed by atoms with Gasteiger partial charge < -0.3 is 10.2 Å². The van der Waals surface area contributed by atoms with Gasteiger partial charge in [0.15, 0.2) is 0 Å². The Bertz CT molecular complexity index is 1100. The molecule has 0 fully saturated rings. The minimum atomic E-state index is -3.85. The van der Waals surface area contributed by atoms with E-state index in [1.807, 2.05) is 52.0 Å². The second-order valence-corrected chi connectivity index (χ2v) is 11.1. The SMILES string of the molecule is Cc1cccc(CN(C(=O)CN(c2ccc(F)cc2)S(C)(=O)=O)[C@@H](C)C(=O)NC(C)(C)C)c1. The summed E-state index contributed by atoms with van der Waals surface area (Å²) in [5.74, 6) is -1.42. The van der Waals surface area contributed by atoms with Crippen molar-refractivity contribution in [2.75, 3.05) is 17.1 Å². The van der Waals surface area contributed by atoms with Gasteiger partial charge >= 0.3 is 0 Å². The number of benzene rings is 2. The molecule has 2 aromatic carbocycles. The molecular weight excluding hydrogens is 445 g/mol. The van der Waals surface area contributed by atoms with Crippen LogP contribution in [0.15, 0.2) is 48.5 Å². The second-order valence-electron chi connectivity index (χ2n) is 9.17. The van der Waals surface area contributed by atoms with E-state index in [0.29, 0.717) is 0 Å². The van der Waals surface area contributed by atoms with Gasteiger partial charge in [0, 0.05) is 12.1 Å². The van der Waals surface area contributed by atoms with Crippen LogP contribution in [0.3, 0.4) is 0 Å². The predicted molar refractivity (Wildman–Crippen MR) is 128 cm³/mol. The summed E-state index contributed by atoms with van der Waals surface area (Å²) in [5, 5.41) is 2.87. The van der Waals surface area contributed by atoms with Crippen molar-refractivity contribution in [2.45, 2.75) is 52.7 Å². The maximum absolute atomic E-state index is 13.4. The average Bonchev–Trinajstić information content (AvgIpc) is 2.68. The predicted octanol–water partition coefficient (Wildman–Crippen LogP) is 3.23. The molecule has 0 aliphatic heterocycles. The standard InChI is InChI=1S/C24H32FN3O4S/c1-17-8-7-9-19(14-17)15-27(18(2)23(30)26-24(3,4)5)22(29)16-28(33(6,31)32)21-12-10-20(25)11-13-21/h7-14,18H,15-16H2,1-6H3,(H,26,30)/t18-/m0/s1. The first-order valence-electron chi connectivity index (χ1n) is 10.6. The van der Waals surface area contributed by atoms with Crippen molar-refractivity contribution in [1.82, 2.24) is 10.2 Å². The summed E-state index contributed by atoms with van der Waals surface area (Å²) in [7, 11) is -3.85. The summed E-state index contributed by atoms with van der Waals surface area (Å²) >= 11 is 0. The van der Waals surface area contributed by atoms with E-state index < -0.39 is 39.9 Å². The Labute approximate surface area is 195 Å². The second kappa shape index (κ2) is 10.3. The monoisotopic (exact) mass is 477 g/mol. The van der Waals surface area contributed by atoms with E-state index in [1.165, 1.54) is 17.0 Å². The van der Waals surface area contributed by atoms with Gasteiger partial charge in [-0.1, -0.05) is 29.8 Å². The van der Waals surface area contributed by atoms with Gasteiger partial charge in [0.2, 0.25) is 21.8 Å². The van der Waals surface area contributed by atoms with Gasteiger partial charge in [-0.05, 0) is 64.4 Å². The minimum Gasteiger partial charge on any atom is -0.350 e. The third-order valence-corrected chi connectivity index (χ3v) is 6.04. The first-order valence-corrected chi connectivity index (χ1v) is 12.4. The number of hydrogen-bond donors (Lipinski definition) is 1. The van der Waals surface area contributed by atoms with Gasteiger partial charge in [0.25, 0.3) is 0 Å². The lowest BCUT2D eigenvalue weighted by molar-refractivity contribution is -0.140. The molecular formula is C24H32FN3O4S. The molecule has 0 aliphatic carbocycles. The number of halogens is 1. The number of amides is 2. The molecule has 1 atom stereocenters. The van der Waals surface area contributed by atoms with Gasteiger partial charge in [-0.25, -0.2) is 12.8 Å². The quantitative estimate of drug-likeness (QED) is 0.633. The molecule has 0 aromatic heterocycles. The normalized spacial score (nSPS) is 12.7. The van der Waals surface area contributed by atoms with Crippen molar-refractivity contribution in [3.05, 3.63) is 65.5 Å². The summed E-state index contributed by atoms with van der Waals surface area (Å²) in [4.78, 5) is 27.6. The number of aryl methyl sites for hydroxylation is 1. The zero-order valence-electron chi connectivity index (χ0n) is 19.9. The van der Waals surface area contributed by atoms with E-state index in [0.717, 1.165) is 33.8 Å². The van der Waals surface area contributed by atoms with E-state index in [-0.39, 0.29) is 18.1 Å². The molecule has 0 unspecified atom stereocenters. The number of nitrogens with one attached hydrogen (secondary N) is 1. The fourth-order valence-electron chi connectivity index (χ4n) is 3.28. The van der Waals surface area contributed by atoms with Crippen LogP contribution in [0, 0.1) is 12.7 Å². The van der Waals surface area contributed by atoms with Gasteiger partial charge in [0.05, 0.1) is 11.9 Å². The maximum Gasteiger partial charge on any atom is 0.244 e. The van der Waals surface area contributed by atoms with Crippen molar-refractivity contribution in [3.63, 3.8) is 0 Å². The molecule has 2 amide bonds. The molecule has 0 heterocycles. The number of hydrogen-bond acceptors (Lipinski definition) is 4. The summed E-state index contributed by atoms with van der Waals surface area (Å²) in [5.41, 5.74) is 1.47. The van der Waals surface area contributed by atoms with Crippen LogP contribution in [-0.2, 0) is 26.2 Å². The highest BCUT2D eigenvalue weighted by Crippen LogP contribution is 2.20. The van der Waals surface area contributed by atoms with E-state index in [9.17, 15) is 22.4 Å². The van der Waals surface area contributed by atoms with Crippen LogP contribution < -0.4 is 9.62 Å². The number of carbonyl (C=O) groups is 2. The van der Waals surface area contributed by atoms with Gasteiger partial charge in [-0.3, -0.25) is 13.9 Å². The van der Waals surface area contributed by atoms with Crippen molar-refractivity contribution >= 4 is 27.5 Å². The van der Waals surface area contributed by atoms with Crippen LogP contribution in [0.25, 0.3) is 0 Å². The number of rotatable bonds is 8. The van der Waals surface area contributed by atoms with Gasteiger partial charge in [-0.15, -0.1) is 0 Å². The third kappa shape index (κ3) is 7.85. The fourth-order valence-corrected chi connectivity index (χ4v) is 4.13. The van der Waals surface area contributed by atoms with Crippen molar-refractivity contribution in [2.24, 2.45) is 0 Å². The van der Waals surface area contributed by atoms with Crippen molar-refractivity contribution in [1.29, 1.82) is 0 Å². The first kappa shape index (κ1) is 26.3. The molecule has 0 saturated carbocycles. The fraction of sp³-hybridized carbons (Fsp3) is 0.417. The topological polar surface area (TPSA) is 86.8 Å². The van der Waals surface area contributed by atoms with Crippen molar-refractivity contribution in [3.8, 4) is 0 Å². The molecule has 7 nitrogen and oxygen atoms in total. The highest BCUT2D eigenvalue weighted by Gasteiger charge is 2.31. The van der Waals surface area contributed by atoms with Crippen LogP contribution in [-0.4, -0.2) is 49.5 Å². The zero-order chi connectivity index (χ0) is 25.0. The molecule has 180 valence electrons. The maximum atomic E-state index is 13.4. The van der Waals surface area contributed by atoms with E-state index in [2.05, 4.69) is 5.32 Å². The Kier molecular flexibility index (Phi) is 8.24. The van der Waals surface area contributed by atoms with E-state index in [4.69, 9.17) is 0 Å². The molecule has 2 aromatic rings. The molecule has 0 spiro atoms. The lowest BCUT2D eigenvalue weighted by Crippen LogP contribution is -2.54. The van der Waals surface area contributed by atoms with Crippen LogP contribution in [0.5, 0.6) is 0 Å². The number of anilines is 1. The smallest absolute Gasteiger partial charge is 0.244 e. The van der Waals surface area contributed by atoms with Crippen LogP contribution >= 0.6 is 0 Å². The summed E-state index contributed by atoms with van der Waals surface area (Å²) < 4.78 is 39.2. The van der Waals surface area contributed by atoms with E-state index >= 15 is 0 Å². The zero-order valence-corrected chi connectivity index (χ0v) is 20.7. The number of sulfonamides is 1. The molecule has 33 heavy (non-hydrogen) atoms. The van der Waals surface area contributed by atoms with E-state index in [1.54, 1.807) is 6.92 Å². The molecule has 1 N–H and O–H groups in total. The Balaban J connectivity index is 2.39. The van der Waals surface area contributed by atoms with Crippen molar-refractivity contribution < 1.29 is 22.4 Å². The van der Waals surface area contributed by atoms with Crippen LogP contribution in [0.1, 0.15) is 38.8 Å². The molecule has 0 saturated heterocycles. The first-order chi connectivity index (χ1) is 15.2. The average molecular weight is 478 g/mol. The molecule has 0 bridgehead atoms. The number of nitrogens with zero attached hydrogens (tertiary/aromatic N) is 2. The highest BCUT2D eigenvalue weighted by molar-refractivity contribution is 7.92. The highest BCUT2D eigenvalue weighted by atomic mass is 32.2. The Morgan fingerprint density at radius 3 is 2.21 bits per heavy atom. The largest absolute Gasteiger partial charge is 0.350 e. The molecule has 2 rings (SSSR count). The lowest BCUT2D eigenvalue weighted by Gasteiger charge is -2.33. The summed E-state index contributed by atoms with van der Waals surface area (Å²) in [6.45, 7) is 8.64. The summed E-state index contributed by atoms with van der Waals surface area (Å²) in [6.07, 6.45) is 0.976. The minimum absolute atomic E-state index is 0.125. The molecule has 9 heteroatoms. The van der Waals surface area contributed by atoms with Crippen LogP contribution in [0.4, 0.5) is 10.1 Å². The lowest BCUT2D eigenvalue weighted by atomic mass is 10.1. The molecule has 0 aliphatic rings. The Hall–Kier alpha value is -2.94.